The van der Waals surface area contributed by atoms with E-state index in [1.54, 1.807) is 0 Å². The number of hydrogen-bond acceptors (Lipinski definition) is 1. The Kier molecular flexibility index (Phi) is 17.4. The SMILES string of the molecule is CC(C)([CH2][Sn]([CH2]C(C)(C)c1ccccc1)([CH2]C(C)(C)c1ccccc1)[O][Sn]([CH2]C(C)(C)c1ccccc1)([CH2]C(C)(C)c1ccccc1)[CH2]C(C)(C)c1ccccc1)c1ccccc1.[Re]. The molecule has 0 aliphatic rings. The fourth-order valence-electron chi connectivity index (χ4n) is 11.8. The molecule has 6 aromatic rings. The molecule has 0 heterocycles. The Morgan fingerprint density at radius 3 is 0.500 bits per heavy atom. The molecule has 0 unspecified atom stereocenters. The quantitative estimate of drug-likeness (QED) is 0.0692. The van der Waals surface area contributed by atoms with Gasteiger partial charge >= 0.3 is 397 Å². The van der Waals surface area contributed by atoms with Gasteiger partial charge in [0, 0.05) is 20.4 Å². The Hall–Kier alpha value is -2.46. The van der Waals surface area contributed by atoms with E-state index in [4.69, 9.17) is 0 Å². The summed E-state index contributed by atoms with van der Waals surface area (Å²) in [6, 6.07) is 68.6. The second kappa shape index (κ2) is 21.2. The van der Waals surface area contributed by atoms with Crippen LogP contribution in [0.1, 0.15) is 116 Å². The topological polar surface area (TPSA) is 9.23 Å². The van der Waals surface area contributed by atoms with Crippen LogP contribution in [0.5, 0.6) is 0 Å². The van der Waals surface area contributed by atoms with Crippen LogP contribution in [0.2, 0.25) is 26.6 Å². The van der Waals surface area contributed by atoms with Crippen molar-refractivity contribution in [3.05, 3.63) is 215 Å². The Balaban J connectivity index is 0.00000771. The van der Waals surface area contributed by atoms with Gasteiger partial charge < -0.3 is 0 Å². The molecule has 6 aromatic carbocycles. The van der Waals surface area contributed by atoms with Crippen molar-refractivity contribution < 1.29 is 21.8 Å². The first-order chi connectivity index (χ1) is 29.6. The second-order valence-corrected chi connectivity index (χ2v) is 47.1. The molecule has 0 fully saturated rings. The minimum Gasteiger partial charge on any atom is 0 e. The zero-order valence-corrected chi connectivity index (χ0v) is 49.8. The van der Waals surface area contributed by atoms with Gasteiger partial charge in [-0.25, -0.2) is 0 Å². The van der Waals surface area contributed by atoms with Gasteiger partial charge in [-0.15, -0.1) is 0 Å². The molecule has 0 saturated carbocycles. The van der Waals surface area contributed by atoms with E-state index >= 15 is 0 Å². The zero-order chi connectivity index (χ0) is 45.6. The van der Waals surface area contributed by atoms with Crippen molar-refractivity contribution in [2.75, 3.05) is 0 Å². The number of hydrogen-bond donors (Lipinski definition) is 0. The molecule has 0 amide bonds. The summed E-state index contributed by atoms with van der Waals surface area (Å²) in [4.78, 5) is 0. The first-order valence-electron chi connectivity index (χ1n) is 23.6. The summed E-state index contributed by atoms with van der Waals surface area (Å²) in [6.07, 6.45) is 0. The average Bonchev–Trinajstić information content (AvgIpc) is 3.24. The molecule has 4 heteroatoms. The van der Waals surface area contributed by atoms with Crippen LogP contribution >= 0.6 is 0 Å². The van der Waals surface area contributed by atoms with Crippen LogP contribution in [0.25, 0.3) is 0 Å². The van der Waals surface area contributed by atoms with Gasteiger partial charge in [0.25, 0.3) is 0 Å². The largest absolute Gasteiger partial charge is 0 e. The van der Waals surface area contributed by atoms with Gasteiger partial charge in [-0.05, 0) is 0 Å². The van der Waals surface area contributed by atoms with Crippen molar-refractivity contribution in [2.45, 2.75) is 142 Å². The summed E-state index contributed by atoms with van der Waals surface area (Å²) in [6.45, 7) is 30.4. The van der Waals surface area contributed by atoms with Crippen LogP contribution in [0.15, 0.2) is 182 Å². The van der Waals surface area contributed by atoms with E-state index in [0.29, 0.717) is 0 Å². The third-order valence-electron chi connectivity index (χ3n) is 14.3. The molecular weight excluding hydrogens is 1160 g/mol. The molecular formula is C60H78OReSn2. The third-order valence-corrected chi connectivity index (χ3v) is 59.6. The summed E-state index contributed by atoms with van der Waals surface area (Å²) in [5.74, 6) is 0. The number of benzene rings is 6. The van der Waals surface area contributed by atoms with E-state index in [0.717, 1.165) is 26.6 Å². The molecule has 0 aliphatic carbocycles. The molecule has 1 radical (unpaired) electrons. The predicted molar refractivity (Wildman–Crippen MR) is 278 cm³/mol. The molecule has 0 spiro atoms. The van der Waals surface area contributed by atoms with Gasteiger partial charge in [-0.3, -0.25) is 0 Å². The standard InChI is InChI=1S/6C10H13.O.Re.2Sn/c6*1-10(2,3)9-7-5-4-6-8-9;;;;/h6*4-8H,1H2,2-3H3;;;;. The second-order valence-electron chi connectivity index (χ2n) is 23.0. The molecule has 64 heavy (non-hydrogen) atoms. The average molecular weight is 1240 g/mol. The van der Waals surface area contributed by atoms with Crippen molar-refractivity contribution in [3.8, 4) is 0 Å². The summed E-state index contributed by atoms with van der Waals surface area (Å²) in [7, 11) is 0. The molecule has 0 aromatic heterocycles. The van der Waals surface area contributed by atoms with Gasteiger partial charge in [-0.2, -0.15) is 0 Å². The Morgan fingerprint density at radius 2 is 0.375 bits per heavy atom. The van der Waals surface area contributed by atoms with Crippen molar-refractivity contribution in [2.24, 2.45) is 0 Å². The van der Waals surface area contributed by atoms with Crippen LogP contribution in [0.4, 0.5) is 0 Å². The van der Waals surface area contributed by atoms with Gasteiger partial charge in [0.05, 0.1) is 0 Å². The van der Waals surface area contributed by atoms with E-state index in [1.165, 1.54) is 33.4 Å². The Labute approximate surface area is 413 Å². The summed E-state index contributed by atoms with van der Waals surface area (Å²) in [5.41, 5.74) is 7.98. The molecule has 6 rings (SSSR count). The summed E-state index contributed by atoms with van der Waals surface area (Å²) >= 11 is -8.23. The van der Waals surface area contributed by atoms with Crippen molar-refractivity contribution in [1.29, 1.82) is 0 Å². The molecule has 1 nitrogen and oxygen atoms in total. The molecule has 0 atom stereocenters. The van der Waals surface area contributed by atoms with E-state index in [-0.39, 0.29) is 52.9 Å². The van der Waals surface area contributed by atoms with Gasteiger partial charge in [-0.1, -0.05) is 0 Å². The van der Waals surface area contributed by atoms with E-state index in [9.17, 15) is 1.41 Å². The van der Waals surface area contributed by atoms with Gasteiger partial charge in [0.15, 0.2) is 0 Å². The summed E-state index contributed by atoms with van der Waals surface area (Å²) in [5, 5.41) is 0. The van der Waals surface area contributed by atoms with Crippen LogP contribution in [-0.2, 0) is 54.3 Å². The monoisotopic (exact) mass is 1240 g/mol. The fourth-order valence-corrected chi connectivity index (χ4v) is 74.8. The minimum absolute atomic E-state index is 0. The van der Waals surface area contributed by atoms with Crippen LogP contribution in [0, 0.1) is 0 Å². The zero-order valence-electron chi connectivity index (χ0n) is 41.3. The van der Waals surface area contributed by atoms with Crippen LogP contribution in [0.3, 0.4) is 0 Å². The minimum atomic E-state index is -4.11. The van der Waals surface area contributed by atoms with E-state index < -0.39 is 37.6 Å². The first kappa shape index (κ1) is 52.5. The fraction of sp³-hybridized carbons (Fsp3) is 0.400. The third kappa shape index (κ3) is 13.4. The maximum Gasteiger partial charge on any atom is 0 e. The maximum atomic E-state index is 9.39. The van der Waals surface area contributed by atoms with Gasteiger partial charge in [0.1, 0.15) is 0 Å². The van der Waals surface area contributed by atoms with Crippen LogP contribution < -0.4 is 0 Å². The normalized spacial score (nSPS) is 13.3. The van der Waals surface area contributed by atoms with Crippen molar-refractivity contribution in [3.63, 3.8) is 0 Å². The van der Waals surface area contributed by atoms with E-state index in [1.807, 2.05) is 0 Å². The van der Waals surface area contributed by atoms with Crippen molar-refractivity contribution >= 4 is 37.6 Å². The van der Waals surface area contributed by atoms with Crippen molar-refractivity contribution in [1.82, 2.24) is 0 Å². The molecule has 0 bridgehead atoms. The Morgan fingerprint density at radius 1 is 0.250 bits per heavy atom. The van der Waals surface area contributed by atoms with Gasteiger partial charge in [0.2, 0.25) is 0 Å². The maximum absolute atomic E-state index is 9.39. The molecule has 0 saturated heterocycles. The first-order valence-corrected chi connectivity index (χ1v) is 38.1. The number of rotatable bonds is 20. The Bertz CT molecular complexity index is 1880. The molecule has 339 valence electrons. The van der Waals surface area contributed by atoms with E-state index in [2.05, 4.69) is 265 Å². The smallest absolute Gasteiger partial charge is 0 e. The predicted octanol–water partition coefficient (Wildman–Crippen LogP) is 16.8. The molecule has 0 N–H and O–H groups in total. The summed E-state index contributed by atoms with van der Waals surface area (Å²) < 4.78 is 16.1. The molecule has 0 aliphatic heterocycles. The van der Waals surface area contributed by atoms with Crippen LogP contribution in [-0.4, -0.2) is 37.6 Å².